The highest BCUT2D eigenvalue weighted by Gasteiger charge is 2.18. The first-order valence-electron chi connectivity index (χ1n) is 6.94. The van der Waals surface area contributed by atoms with Crippen LogP contribution in [0.5, 0.6) is 11.5 Å². The lowest BCUT2D eigenvalue weighted by molar-refractivity contribution is 0.280. The Morgan fingerprint density at radius 2 is 2.26 bits per heavy atom. The van der Waals surface area contributed by atoms with Gasteiger partial charge in [-0.25, -0.2) is 0 Å². The lowest BCUT2D eigenvalue weighted by Gasteiger charge is -2.20. The zero-order valence-corrected chi connectivity index (χ0v) is 11.6. The predicted molar refractivity (Wildman–Crippen MR) is 74.7 cm³/mol. The highest BCUT2D eigenvalue weighted by molar-refractivity contribution is 6.02. The number of benzene rings is 1. The van der Waals surface area contributed by atoms with Crippen molar-refractivity contribution in [3.63, 3.8) is 0 Å². The molecule has 1 heterocycles. The van der Waals surface area contributed by atoms with Gasteiger partial charge in [0.2, 0.25) is 0 Å². The fraction of sp³-hybridized carbons (Fsp3) is 0.533. The van der Waals surface area contributed by atoms with Gasteiger partial charge < -0.3 is 14.7 Å². The normalized spacial score (nSPS) is 14.7. The Balaban J connectivity index is 2.42. The largest absolute Gasteiger partial charge is 0.493 e. The van der Waals surface area contributed by atoms with Crippen LogP contribution in [0.25, 0.3) is 0 Å². The monoisotopic (exact) mass is 263 g/mol. The van der Waals surface area contributed by atoms with Crippen molar-refractivity contribution in [3.05, 3.63) is 23.3 Å². The molecule has 0 amide bonds. The van der Waals surface area contributed by atoms with E-state index >= 15 is 0 Å². The van der Waals surface area contributed by atoms with E-state index in [1.54, 1.807) is 0 Å². The molecule has 0 spiro atoms. The van der Waals surface area contributed by atoms with E-state index in [4.69, 9.17) is 14.7 Å². The van der Waals surface area contributed by atoms with Crippen molar-refractivity contribution in [2.45, 2.75) is 39.5 Å². The van der Waals surface area contributed by atoms with Crippen LogP contribution in [0.3, 0.4) is 0 Å². The summed E-state index contributed by atoms with van der Waals surface area (Å²) >= 11 is 0. The van der Waals surface area contributed by atoms with Crippen molar-refractivity contribution in [1.29, 1.82) is 0 Å². The quantitative estimate of drug-likeness (QED) is 0.503. The molecular weight excluding hydrogens is 242 g/mol. The molecule has 4 heteroatoms. The summed E-state index contributed by atoms with van der Waals surface area (Å²) in [7, 11) is 0. The van der Waals surface area contributed by atoms with E-state index in [9.17, 15) is 0 Å². The number of ether oxygens (including phenoxy) is 2. The molecule has 2 rings (SSSR count). The maximum Gasteiger partial charge on any atom is 0.132 e. The van der Waals surface area contributed by atoms with Gasteiger partial charge in [0.25, 0.3) is 0 Å². The lowest BCUT2D eigenvalue weighted by Crippen LogP contribution is -2.12. The zero-order chi connectivity index (χ0) is 13.7. The third kappa shape index (κ3) is 3.00. The molecule has 1 N–H and O–H groups in total. The third-order valence-corrected chi connectivity index (χ3v) is 3.24. The second-order valence-corrected chi connectivity index (χ2v) is 4.66. The fourth-order valence-electron chi connectivity index (χ4n) is 2.25. The number of hydrogen-bond donors (Lipinski definition) is 1. The van der Waals surface area contributed by atoms with Crippen LogP contribution >= 0.6 is 0 Å². The molecule has 0 atom stereocenters. The second-order valence-electron chi connectivity index (χ2n) is 4.66. The Labute approximate surface area is 114 Å². The number of fused-ring (bicyclic) bond motifs is 1. The molecule has 0 bridgehead atoms. The van der Waals surface area contributed by atoms with Gasteiger partial charge in [-0.2, -0.15) is 0 Å². The molecule has 0 unspecified atom stereocenters. The van der Waals surface area contributed by atoms with Gasteiger partial charge in [0.1, 0.15) is 11.5 Å². The minimum absolute atomic E-state index is 0.647. The molecule has 104 valence electrons. The van der Waals surface area contributed by atoms with Crippen LogP contribution < -0.4 is 9.47 Å². The minimum atomic E-state index is 0.647. The van der Waals surface area contributed by atoms with Crippen molar-refractivity contribution in [2.24, 2.45) is 5.16 Å². The van der Waals surface area contributed by atoms with E-state index in [1.165, 1.54) is 5.56 Å². The zero-order valence-electron chi connectivity index (χ0n) is 11.6. The highest BCUT2D eigenvalue weighted by Crippen LogP contribution is 2.33. The standard InChI is InChI=1S/C15H21NO3/c1-3-7-18-15-10-14-11(6-5-8-19-14)9-12(15)13(4-2)16-17/h9-10,17H,3-8H2,1-2H3. The van der Waals surface area contributed by atoms with E-state index < -0.39 is 0 Å². The molecule has 1 aliphatic heterocycles. The number of hydrogen-bond acceptors (Lipinski definition) is 4. The molecule has 0 aliphatic carbocycles. The summed E-state index contributed by atoms with van der Waals surface area (Å²) in [6.45, 7) is 5.44. The van der Waals surface area contributed by atoms with Crippen molar-refractivity contribution in [1.82, 2.24) is 0 Å². The molecule has 0 aromatic heterocycles. The van der Waals surface area contributed by atoms with Crippen molar-refractivity contribution in [2.75, 3.05) is 13.2 Å². The van der Waals surface area contributed by atoms with Crippen LogP contribution in [0.15, 0.2) is 17.3 Å². The van der Waals surface area contributed by atoms with Gasteiger partial charge in [-0.15, -0.1) is 0 Å². The van der Waals surface area contributed by atoms with Gasteiger partial charge in [0.05, 0.1) is 18.9 Å². The summed E-state index contributed by atoms with van der Waals surface area (Å²) in [4.78, 5) is 0. The van der Waals surface area contributed by atoms with Crippen molar-refractivity contribution in [3.8, 4) is 11.5 Å². The molecular formula is C15H21NO3. The predicted octanol–water partition coefficient (Wildman–Crippen LogP) is 3.39. The van der Waals surface area contributed by atoms with Gasteiger partial charge in [-0.3, -0.25) is 0 Å². The number of oxime groups is 1. The van der Waals surface area contributed by atoms with E-state index in [-0.39, 0.29) is 0 Å². The summed E-state index contributed by atoms with van der Waals surface area (Å²) in [5.41, 5.74) is 2.70. The molecule has 4 nitrogen and oxygen atoms in total. The summed E-state index contributed by atoms with van der Waals surface area (Å²) in [6.07, 6.45) is 3.63. The number of nitrogens with zero attached hydrogens (tertiary/aromatic N) is 1. The van der Waals surface area contributed by atoms with Gasteiger partial charge >= 0.3 is 0 Å². The molecule has 19 heavy (non-hydrogen) atoms. The van der Waals surface area contributed by atoms with Crippen LogP contribution in [0.4, 0.5) is 0 Å². The molecule has 0 saturated carbocycles. The average Bonchev–Trinajstić information content (AvgIpc) is 2.46. The Morgan fingerprint density at radius 3 is 2.95 bits per heavy atom. The maximum absolute atomic E-state index is 9.13. The fourth-order valence-corrected chi connectivity index (χ4v) is 2.25. The Morgan fingerprint density at radius 1 is 1.42 bits per heavy atom. The minimum Gasteiger partial charge on any atom is -0.493 e. The molecule has 0 fully saturated rings. The first-order chi connectivity index (χ1) is 9.30. The Bertz CT molecular complexity index is 469. The van der Waals surface area contributed by atoms with Crippen LogP contribution in [-0.4, -0.2) is 24.1 Å². The van der Waals surface area contributed by atoms with Crippen LogP contribution in [0, 0.1) is 0 Å². The van der Waals surface area contributed by atoms with E-state index in [1.807, 2.05) is 19.1 Å². The van der Waals surface area contributed by atoms with Gasteiger partial charge in [0.15, 0.2) is 0 Å². The molecule has 1 aliphatic rings. The number of aryl methyl sites for hydroxylation is 1. The van der Waals surface area contributed by atoms with Crippen LogP contribution in [0.2, 0.25) is 0 Å². The maximum atomic E-state index is 9.13. The molecule has 1 aromatic carbocycles. The van der Waals surface area contributed by atoms with Gasteiger partial charge in [-0.1, -0.05) is 19.0 Å². The van der Waals surface area contributed by atoms with E-state index in [2.05, 4.69) is 12.1 Å². The SMILES string of the molecule is CCCOc1cc2c(cc1C(CC)=NO)CCCO2. The molecule has 0 saturated heterocycles. The Hall–Kier alpha value is -1.71. The molecule has 1 aromatic rings. The average molecular weight is 263 g/mol. The first kappa shape index (κ1) is 13.7. The summed E-state index contributed by atoms with van der Waals surface area (Å²) in [5.74, 6) is 1.65. The van der Waals surface area contributed by atoms with Crippen molar-refractivity contribution < 1.29 is 14.7 Å². The van der Waals surface area contributed by atoms with Gasteiger partial charge in [0, 0.05) is 11.6 Å². The summed E-state index contributed by atoms with van der Waals surface area (Å²) in [6, 6.07) is 3.97. The Kier molecular flexibility index (Phi) is 4.66. The van der Waals surface area contributed by atoms with Crippen LogP contribution in [0.1, 0.15) is 44.2 Å². The second kappa shape index (κ2) is 6.45. The molecule has 0 radical (unpaired) electrons. The highest BCUT2D eigenvalue weighted by atomic mass is 16.5. The van der Waals surface area contributed by atoms with Gasteiger partial charge in [-0.05, 0) is 37.3 Å². The van der Waals surface area contributed by atoms with Crippen molar-refractivity contribution >= 4 is 5.71 Å². The third-order valence-electron chi connectivity index (χ3n) is 3.24. The van der Waals surface area contributed by atoms with E-state index in [0.29, 0.717) is 18.7 Å². The topological polar surface area (TPSA) is 51.0 Å². The van der Waals surface area contributed by atoms with E-state index in [0.717, 1.165) is 42.9 Å². The summed E-state index contributed by atoms with van der Waals surface area (Å²) < 4.78 is 11.4. The smallest absolute Gasteiger partial charge is 0.132 e. The summed E-state index contributed by atoms with van der Waals surface area (Å²) in [5, 5.41) is 12.5. The first-order valence-corrected chi connectivity index (χ1v) is 6.94. The van der Waals surface area contributed by atoms with Crippen LogP contribution in [-0.2, 0) is 6.42 Å². The lowest BCUT2D eigenvalue weighted by atomic mass is 9.99. The number of rotatable bonds is 5.